The lowest BCUT2D eigenvalue weighted by molar-refractivity contribution is -0.142. The molecule has 0 unspecified atom stereocenters. The number of hydrogen-bond acceptors (Lipinski definition) is 7. The molecule has 0 atom stereocenters. The van der Waals surface area contributed by atoms with Gasteiger partial charge in [0.05, 0.1) is 33.0 Å². The van der Waals surface area contributed by atoms with E-state index in [1.54, 1.807) is 0 Å². The minimum Gasteiger partial charge on any atom is -0.468 e. The summed E-state index contributed by atoms with van der Waals surface area (Å²) in [5.74, 6) is 0.0829. The van der Waals surface area contributed by atoms with Crippen molar-refractivity contribution in [1.82, 2.24) is 9.45 Å². The summed E-state index contributed by atoms with van der Waals surface area (Å²) in [4.78, 5) is 9.29. The third kappa shape index (κ3) is 2.82. The van der Waals surface area contributed by atoms with Crippen molar-refractivity contribution >= 4 is 10.0 Å². The Hall–Kier alpha value is -1.26. The Bertz CT molecular complexity index is 629. The first kappa shape index (κ1) is 15.6. The molecule has 122 valence electrons. The standard InChI is InChI=1S/C13H18N2O6S/c16-6-9-20-15-10-13(3-7-19-8-4-13)21-12-11(22(15,17)18)2-1-5-14-12/h1-2,5,16H,3-4,6-10H2. The first-order chi connectivity index (χ1) is 10.6. The van der Waals surface area contributed by atoms with Crippen LogP contribution in [0.25, 0.3) is 0 Å². The summed E-state index contributed by atoms with van der Waals surface area (Å²) in [6.07, 6.45) is 2.57. The van der Waals surface area contributed by atoms with Crippen LogP contribution >= 0.6 is 0 Å². The first-order valence-electron chi connectivity index (χ1n) is 7.06. The van der Waals surface area contributed by atoms with E-state index >= 15 is 0 Å². The van der Waals surface area contributed by atoms with Gasteiger partial charge in [0.25, 0.3) is 10.0 Å². The number of sulfonamides is 1. The van der Waals surface area contributed by atoms with Crippen molar-refractivity contribution < 1.29 is 27.8 Å². The van der Waals surface area contributed by atoms with E-state index in [0.29, 0.717) is 26.1 Å². The van der Waals surface area contributed by atoms with E-state index in [0.717, 1.165) is 4.47 Å². The van der Waals surface area contributed by atoms with Gasteiger partial charge in [-0.25, -0.2) is 13.4 Å². The Balaban J connectivity index is 2.04. The molecule has 1 fully saturated rings. The number of hydrogen-bond donors (Lipinski definition) is 1. The lowest BCUT2D eigenvalue weighted by Crippen LogP contribution is -2.50. The maximum absolute atomic E-state index is 12.7. The van der Waals surface area contributed by atoms with Gasteiger partial charge >= 0.3 is 0 Å². The van der Waals surface area contributed by atoms with Crippen molar-refractivity contribution in [3.63, 3.8) is 0 Å². The van der Waals surface area contributed by atoms with Crippen LogP contribution in [0, 0.1) is 0 Å². The Morgan fingerprint density at radius 2 is 2.18 bits per heavy atom. The molecule has 8 nitrogen and oxygen atoms in total. The zero-order chi connectivity index (χ0) is 15.6. The molecule has 0 bridgehead atoms. The Morgan fingerprint density at radius 1 is 1.41 bits per heavy atom. The summed E-state index contributed by atoms with van der Waals surface area (Å²) in [5.41, 5.74) is -0.736. The fourth-order valence-corrected chi connectivity index (χ4v) is 3.98. The zero-order valence-electron chi connectivity index (χ0n) is 12.0. The Labute approximate surface area is 128 Å². The van der Waals surface area contributed by atoms with E-state index in [1.807, 2.05) is 0 Å². The summed E-state index contributed by atoms with van der Waals surface area (Å²) in [6.45, 7) is 0.617. The van der Waals surface area contributed by atoms with Crippen molar-refractivity contribution in [2.75, 3.05) is 33.0 Å². The van der Waals surface area contributed by atoms with Gasteiger partial charge in [-0.1, -0.05) is 4.47 Å². The summed E-state index contributed by atoms with van der Waals surface area (Å²) < 4.78 is 37.7. The molecule has 1 spiro atoms. The minimum atomic E-state index is -3.90. The number of pyridine rings is 1. The predicted molar refractivity (Wildman–Crippen MR) is 74.6 cm³/mol. The maximum atomic E-state index is 12.7. The van der Waals surface area contributed by atoms with Crippen LogP contribution in [0.1, 0.15) is 12.8 Å². The topological polar surface area (TPSA) is 98.2 Å². The van der Waals surface area contributed by atoms with Gasteiger partial charge in [-0.15, -0.1) is 0 Å². The monoisotopic (exact) mass is 330 g/mol. The fourth-order valence-electron chi connectivity index (χ4n) is 2.58. The molecule has 0 amide bonds. The molecule has 0 radical (unpaired) electrons. The Kier molecular flexibility index (Phi) is 4.33. The second-order valence-corrected chi connectivity index (χ2v) is 7.02. The van der Waals surface area contributed by atoms with E-state index in [-0.39, 0.29) is 30.5 Å². The largest absolute Gasteiger partial charge is 0.468 e. The molecular formula is C13H18N2O6S. The van der Waals surface area contributed by atoms with Gasteiger partial charge in [-0.2, -0.15) is 0 Å². The third-order valence-electron chi connectivity index (χ3n) is 3.74. The number of nitrogens with zero attached hydrogens (tertiary/aromatic N) is 2. The van der Waals surface area contributed by atoms with E-state index in [4.69, 9.17) is 19.4 Å². The normalized spacial score (nSPS) is 23.5. The smallest absolute Gasteiger partial charge is 0.270 e. The van der Waals surface area contributed by atoms with Crippen LogP contribution in [0.15, 0.2) is 23.2 Å². The van der Waals surface area contributed by atoms with E-state index in [2.05, 4.69) is 4.98 Å². The van der Waals surface area contributed by atoms with Crippen molar-refractivity contribution in [2.24, 2.45) is 0 Å². The molecule has 0 saturated carbocycles. The molecule has 0 aliphatic carbocycles. The second-order valence-electron chi connectivity index (χ2n) is 5.23. The number of rotatable bonds is 3. The summed E-state index contributed by atoms with van der Waals surface area (Å²) >= 11 is 0. The van der Waals surface area contributed by atoms with E-state index in [9.17, 15) is 8.42 Å². The van der Waals surface area contributed by atoms with Crippen molar-refractivity contribution in [3.8, 4) is 5.88 Å². The van der Waals surface area contributed by atoms with E-state index < -0.39 is 15.6 Å². The molecule has 2 aliphatic heterocycles. The molecule has 1 saturated heterocycles. The highest BCUT2D eigenvalue weighted by molar-refractivity contribution is 7.89. The highest BCUT2D eigenvalue weighted by Gasteiger charge is 2.46. The molecule has 3 heterocycles. The first-order valence-corrected chi connectivity index (χ1v) is 8.50. The average molecular weight is 330 g/mol. The van der Waals surface area contributed by atoms with Gasteiger partial charge in [0, 0.05) is 19.0 Å². The highest BCUT2D eigenvalue weighted by atomic mass is 32.2. The lowest BCUT2D eigenvalue weighted by Gasteiger charge is -2.37. The number of fused-ring (bicyclic) bond motifs is 1. The third-order valence-corrected chi connectivity index (χ3v) is 5.38. The van der Waals surface area contributed by atoms with Crippen molar-refractivity contribution in [1.29, 1.82) is 0 Å². The number of ether oxygens (including phenoxy) is 2. The zero-order valence-corrected chi connectivity index (χ0v) is 12.8. The number of aliphatic hydroxyl groups excluding tert-OH is 1. The van der Waals surface area contributed by atoms with Gasteiger partial charge in [-0.3, -0.25) is 4.84 Å². The quantitative estimate of drug-likeness (QED) is 0.829. The van der Waals surface area contributed by atoms with Crippen LogP contribution in [-0.4, -0.2) is 61.6 Å². The molecule has 9 heteroatoms. The highest BCUT2D eigenvalue weighted by Crippen LogP contribution is 2.37. The van der Waals surface area contributed by atoms with Crippen LogP contribution < -0.4 is 4.74 Å². The number of aromatic nitrogens is 1. The van der Waals surface area contributed by atoms with Gasteiger partial charge in [0.1, 0.15) is 10.5 Å². The van der Waals surface area contributed by atoms with Crippen molar-refractivity contribution in [3.05, 3.63) is 18.3 Å². The molecule has 1 aromatic heterocycles. The van der Waals surface area contributed by atoms with Crippen molar-refractivity contribution in [2.45, 2.75) is 23.3 Å². The summed E-state index contributed by atoms with van der Waals surface area (Å²) in [7, 11) is -3.90. The van der Waals surface area contributed by atoms with Crippen LogP contribution in [0.5, 0.6) is 5.88 Å². The van der Waals surface area contributed by atoms with Crippen LogP contribution in [-0.2, 0) is 19.6 Å². The van der Waals surface area contributed by atoms with Gasteiger partial charge in [0.2, 0.25) is 5.88 Å². The van der Waals surface area contributed by atoms with Crippen LogP contribution in [0.4, 0.5) is 0 Å². The molecular weight excluding hydrogens is 312 g/mol. The number of hydroxylamine groups is 1. The SMILES string of the molecule is O=S1(=O)c2cccnc2OC2(CCOCC2)CN1OCCO. The molecule has 1 N–H and O–H groups in total. The van der Waals surface area contributed by atoms with Gasteiger partial charge in [-0.05, 0) is 12.1 Å². The van der Waals surface area contributed by atoms with Gasteiger partial charge < -0.3 is 14.6 Å². The van der Waals surface area contributed by atoms with Gasteiger partial charge in [0.15, 0.2) is 0 Å². The molecule has 3 rings (SSSR count). The molecule has 0 aromatic carbocycles. The molecule has 22 heavy (non-hydrogen) atoms. The average Bonchev–Trinajstić information content (AvgIpc) is 2.60. The number of aliphatic hydroxyl groups is 1. The van der Waals surface area contributed by atoms with Crippen LogP contribution in [0.3, 0.4) is 0 Å². The summed E-state index contributed by atoms with van der Waals surface area (Å²) in [6, 6.07) is 2.97. The second kappa shape index (κ2) is 6.09. The van der Waals surface area contributed by atoms with E-state index in [1.165, 1.54) is 18.3 Å². The fraction of sp³-hybridized carbons (Fsp3) is 0.615. The van der Waals surface area contributed by atoms with Crippen LogP contribution in [0.2, 0.25) is 0 Å². The summed E-state index contributed by atoms with van der Waals surface area (Å²) in [5, 5.41) is 8.92. The Morgan fingerprint density at radius 3 is 2.91 bits per heavy atom. The predicted octanol–water partition coefficient (Wildman–Crippen LogP) is -0.0622. The lowest BCUT2D eigenvalue weighted by atomic mass is 9.94. The maximum Gasteiger partial charge on any atom is 0.270 e. The minimum absolute atomic E-state index is 0.0312. The molecule has 1 aromatic rings. The molecule has 2 aliphatic rings.